The fourth-order valence-electron chi connectivity index (χ4n) is 8.94. The van der Waals surface area contributed by atoms with Crippen molar-refractivity contribution in [3.05, 3.63) is 210 Å². The van der Waals surface area contributed by atoms with Crippen LogP contribution in [0.2, 0.25) is 0 Å². The van der Waals surface area contributed by atoms with Gasteiger partial charge >= 0.3 is 0 Å². The molecule has 0 amide bonds. The molecule has 246 valence electrons. The maximum atomic E-state index is 5.00. The molecule has 0 saturated carbocycles. The van der Waals surface area contributed by atoms with E-state index in [1.165, 1.54) is 60.8 Å². The van der Waals surface area contributed by atoms with Crippen molar-refractivity contribution >= 4 is 10.8 Å². The normalized spacial score (nSPS) is 13.1. The second-order valence-corrected chi connectivity index (χ2v) is 13.9. The molecule has 9 aromatic rings. The molecule has 1 spiro atoms. The van der Waals surface area contributed by atoms with Gasteiger partial charge in [0.15, 0.2) is 17.5 Å². The van der Waals surface area contributed by atoms with Crippen LogP contribution in [0.1, 0.15) is 22.3 Å². The molecule has 8 aromatic carbocycles. The number of nitrogens with zero attached hydrogens (tertiary/aromatic N) is 3. The minimum atomic E-state index is -0.429. The van der Waals surface area contributed by atoms with E-state index in [1.807, 2.05) is 60.7 Å². The number of hydrogen-bond acceptors (Lipinski definition) is 3. The van der Waals surface area contributed by atoms with Gasteiger partial charge in [0.1, 0.15) is 0 Å². The summed E-state index contributed by atoms with van der Waals surface area (Å²) < 4.78 is 0. The largest absolute Gasteiger partial charge is 0.208 e. The maximum Gasteiger partial charge on any atom is 0.164 e. The first kappa shape index (κ1) is 29.7. The summed E-state index contributed by atoms with van der Waals surface area (Å²) in [6.07, 6.45) is 0. The number of rotatable bonds is 4. The predicted octanol–water partition coefficient (Wildman–Crippen LogP) is 12.0. The molecule has 0 radical (unpaired) electrons. The molecule has 0 atom stereocenters. The summed E-state index contributed by atoms with van der Waals surface area (Å²) in [6.45, 7) is 0. The molecule has 3 heteroatoms. The quantitative estimate of drug-likeness (QED) is 0.187. The first-order valence-corrected chi connectivity index (χ1v) is 18.1. The lowest BCUT2D eigenvalue weighted by atomic mass is 9.69. The molecule has 3 nitrogen and oxygen atoms in total. The summed E-state index contributed by atoms with van der Waals surface area (Å²) in [4.78, 5) is 14.9. The molecule has 2 aliphatic carbocycles. The molecule has 0 aliphatic heterocycles. The highest BCUT2D eigenvalue weighted by Gasteiger charge is 2.52. The van der Waals surface area contributed by atoms with Crippen LogP contribution >= 0.6 is 0 Å². The first-order chi connectivity index (χ1) is 26.3. The van der Waals surface area contributed by atoms with Crippen LogP contribution in [0.25, 0.3) is 78.3 Å². The molecule has 0 saturated heterocycles. The van der Waals surface area contributed by atoms with Gasteiger partial charge in [-0.1, -0.05) is 182 Å². The van der Waals surface area contributed by atoms with E-state index in [1.54, 1.807) is 0 Å². The molecule has 0 bridgehead atoms. The molecule has 2 aliphatic rings. The van der Waals surface area contributed by atoms with Gasteiger partial charge in [-0.2, -0.15) is 0 Å². The van der Waals surface area contributed by atoms with Gasteiger partial charge in [-0.25, -0.2) is 15.0 Å². The van der Waals surface area contributed by atoms with E-state index >= 15 is 0 Å². The zero-order valence-corrected chi connectivity index (χ0v) is 28.7. The Morgan fingerprint density at radius 1 is 0.321 bits per heavy atom. The molecule has 1 aromatic heterocycles. The minimum Gasteiger partial charge on any atom is -0.208 e. The maximum absolute atomic E-state index is 5.00. The van der Waals surface area contributed by atoms with Crippen molar-refractivity contribution in [2.45, 2.75) is 5.41 Å². The smallest absolute Gasteiger partial charge is 0.164 e. The van der Waals surface area contributed by atoms with Crippen molar-refractivity contribution in [1.82, 2.24) is 15.0 Å². The van der Waals surface area contributed by atoms with E-state index in [0.29, 0.717) is 17.5 Å². The molecular weight excluding hydrogens is 643 g/mol. The Balaban J connectivity index is 1.14. The highest BCUT2D eigenvalue weighted by Crippen LogP contribution is 2.65. The highest BCUT2D eigenvalue weighted by molar-refractivity contribution is 6.09. The van der Waals surface area contributed by atoms with Crippen LogP contribution in [0.4, 0.5) is 0 Å². The molecule has 11 rings (SSSR count). The summed E-state index contributed by atoms with van der Waals surface area (Å²) in [5.41, 5.74) is 15.4. The van der Waals surface area contributed by atoms with Gasteiger partial charge in [0.25, 0.3) is 0 Å². The third-order valence-corrected chi connectivity index (χ3v) is 11.1. The van der Waals surface area contributed by atoms with Crippen LogP contribution in [0.3, 0.4) is 0 Å². The van der Waals surface area contributed by atoms with Crippen molar-refractivity contribution in [2.75, 3.05) is 0 Å². The van der Waals surface area contributed by atoms with Crippen LogP contribution in [-0.4, -0.2) is 15.0 Å². The molecule has 0 fully saturated rings. The lowest BCUT2D eigenvalue weighted by Crippen LogP contribution is -2.26. The van der Waals surface area contributed by atoms with E-state index in [2.05, 4.69) is 127 Å². The second-order valence-electron chi connectivity index (χ2n) is 13.9. The summed E-state index contributed by atoms with van der Waals surface area (Å²) in [6, 6.07) is 67.4. The van der Waals surface area contributed by atoms with Crippen LogP contribution in [0.15, 0.2) is 188 Å². The number of aromatic nitrogens is 3. The van der Waals surface area contributed by atoms with Gasteiger partial charge in [-0.15, -0.1) is 0 Å². The highest BCUT2D eigenvalue weighted by atomic mass is 15.0. The van der Waals surface area contributed by atoms with Crippen LogP contribution in [-0.2, 0) is 5.41 Å². The molecule has 0 unspecified atom stereocenters. The van der Waals surface area contributed by atoms with Crippen molar-refractivity contribution in [3.8, 4) is 67.5 Å². The molecule has 0 N–H and O–H groups in total. The van der Waals surface area contributed by atoms with Gasteiger partial charge < -0.3 is 0 Å². The Labute approximate surface area is 308 Å². The third-order valence-electron chi connectivity index (χ3n) is 11.1. The summed E-state index contributed by atoms with van der Waals surface area (Å²) in [7, 11) is 0. The van der Waals surface area contributed by atoms with Gasteiger partial charge in [-0.3, -0.25) is 0 Å². The monoisotopic (exact) mass is 673 g/mol. The van der Waals surface area contributed by atoms with Gasteiger partial charge in [-0.05, 0) is 72.5 Å². The lowest BCUT2D eigenvalue weighted by Gasteiger charge is -2.31. The van der Waals surface area contributed by atoms with Crippen LogP contribution in [0.5, 0.6) is 0 Å². The van der Waals surface area contributed by atoms with E-state index in [-0.39, 0.29) is 0 Å². The summed E-state index contributed by atoms with van der Waals surface area (Å²) in [5.74, 6) is 1.96. The average molecular weight is 674 g/mol. The van der Waals surface area contributed by atoms with Crippen LogP contribution in [0, 0.1) is 0 Å². The Kier molecular flexibility index (Phi) is 6.47. The van der Waals surface area contributed by atoms with Gasteiger partial charge in [0, 0.05) is 16.7 Å². The Morgan fingerprint density at radius 2 is 0.736 bits per heavy atom. The van der Waals surface area contributed by atoms with Crippen molar-refractivity contribution in [2.24, 2.45) is 0 Å². The van der Waals surface area contributed by atoms with Gasteiger partial charge in [0.2, 0.25) is 0 Å². The topological polar surface area (TPSA) is 38.7 Å². The fraction of sp³-hybridized carbons (Fsp3) is 0.0200. The fourth-order valence-corrected chi connectivity index (χ4v) is 8.94. The Hall–Kier alpha value is -6.97. The summed E-state index contributed by atoms with van der Waals surface area (Å²) in [5, 5.41) is 2.52. The molecule has 1 heterocycles. The van der Waals surface area contributed by atoms with Crippen molar-refractivity contribution in [1.29, 1.82) is 0 Å². The predicted molar refractivity (Wildman–Crippen MR) is 215 cm³/mol. The van der Waals surface area contributed by atoms with E-state index < -0.39 is 5.41 Å². The van der Waals surface area contributed by atoms with Gasteiger partial charge in [0.05, 0.1) is 5.41 Å². The number of hydrogen-bond donors (Lipinski definition) is 0. The lowest BCUT2D eigenvalue weighted by molar-refractivity contribution is 0.801. The SMILES string of the molecule is c1ccc(-c2nc(-c3ccccc3)nc(-c3ccc(-c4cc5ccccc5c5c4-c4ccccc4C54c5ccccc5-c5ccccc54)cc3)n2)cc1. The Morgan fingerprint density at radius 3 is 1.30 bits per heavy atom. The number of benzene rings is 8. The second kappa shape index (κ2) is 11.5. The van der Waals surface area contributed by atoms with E-state index in [0.717, 1.165) is 22.3 Å². The minimum absolute atomic E-state index is 0.429. The number of fused-ring (bicyclic) bond motifs is 12. The third kappa shape index (κ3) is 4.31. The zero-order chi connectivity index (χ0) is 34.9. The first-order valence-electron chi connectivity index (χ1n) is 18.1. The van der Waals surface area contributed by atoms with Crippen molar-refractivity contribution < 1.29 is 0 Å². The van der Waals surface area contributed by atoms with Crippen molar-refractivity contribution in [3.63, 3.8) is 0 Å². The standard InChI is InChI=1S/C50H31N3/c1-3-15-33(16-4-1)47-51-48(34-17-5-2-6-18-34)53-49(52-47)35-29-27-32(28-30-35)41-31-36-19-7-8-20-37(36)46-45(41)40-23-11-14-26-44(40)50(46)42-24-12-9-21-38(42)39-22-10-13-25-43(39)50/h1-31H. The zero-order valence-electron chi connectivity index (χ0n) is 28.7. The average Bonchev–Trinajstić information content (AvgIpc) is 3.72. The van der Waals surface area contributed by atoms with E-state index in [4.69, 9.17) is 15.0 Å². The molecular formula is C50H31N3. The summed E-state index contributed by atoms with van der Waals surface area (Å²) >= 11 is 0. The van der Waals surface area contributed by atoms with Crippen LogP contribution < -0.4 is 0 Å². The molecule has 53 heavy (non-hydrogen) atoms. The Bertz CT molecular complexity index is 2770. The van der Waals surface area contributed by atoms with E-state index in [9.17, 15) is 0 Å².